The van der Waals surface area contributed by atoms with E-state index in [0.29, 0.717) is 7.87 Å². The van der Waals surface area contributed by atoms with E-state index in [1.165, 1.54) is 7.11 Å². The molecule has 0 fully saturated rings. The molecule has 0 spiro atoms. The minimum atomic E-state index is -0.418. The first-order chi connectivity index (χ1) is 4.09. The molecule has 5 heteroatoms. The maximum atomic E-state index is 10.6. The Kier molecular flexibility index (Phi) is 4.79. The van der Waals surface area contributed by atoms with Crippen LogP contribution in [-0.4, -0.2) is 13.1 Å². The predicted octanol–water partition coefficient (Wildman–Crippen LogP) is 2.51. The molecule has 0 aliphatic rings. The zero-order chi connectivity index (χ0) is 7.44. The summed E-state index contributed by atoms with van der Waals surface area (Å²) in [4.78, 5) is 10.6. The molecule has 0 aliphatic heterocycles. The van der Waals surface area contributed by atoms with Crippen molar-refractivity contribution in [1.29, 1.82) is 0 Å². The van der Waals surface area contributed by atoms with Gasteiger partial charge in [-0.1, -0.05) is 0 Å². The number of esters is 1. The van der Waals surface area contributed by atoms with E-state index in [9.17, 15) is 4.79 Å². The van der Waals surface area contributed by atoms with Crippen molar-refractivity contribution in [2.45, 2.75) is 0 Å². The van der Waals surface area contributed by atoms with Gasteiger partial charge in [0.15, 0.2) is 0 Å². The quantitative estimate of drug-likeness (QED) is 0.548. The minimum absolute atomic E-state index is 0.338. The van der Waals surface area contributed by atoms with Gasteiger partial charge in [-0.15, -0.1) is 0 Å². The van der Waals surface area contributed by atoms with Gasteiger partial charge < -0.3 is 4.74 Å². The van der Waals surface area contributed by atoms with Crippen LogP contribution >= 0.6 is 47.8 Å². The Morgan fingerprint density at radius 1 is 1.33 bits per heavy atom. The fraction of sp³-hybridized carbons (Fsp3) is 0.250. The number of carbonyl (C=O) groups excluding carboxylic acids is 1. The smallest absolute Gasteiger partial charge is 0.346 e. The monoisotopic (exact) mass is 320 g/mol. The molecule has 0 aromatic rings. The molecular formula is C4H3Br3O2. The Bertz CT molecular complexity index is 148. The fourth-order valence-corrected chi connectivity index (χ4v) is 0.652. The van der Waals surface area contributed by atoms with E-state index in [1.807, 2.05) is 0 Å². The second-order valence-electron chi connectivity index (χ2n) is 1.07. The van der Waals surface area contributed by atoms with Crippen molar-refractivity contribution < 1.29 is 9.53 Å². The third-order valence-corrected chi connectivity index (χ3v) is 3.11. The molecule has 52 valence electrons. The molecule has 0 saturated heterocycles. The van der Waals surface area contributed by atoms with Gasteiger partial charge in [-0.3, -0.25) is 0 Å². The second kappa shape index (κ2) is 4.46. The highest BCUT2D eigenvalue weighted by atomic mass is 79.9. The summed E-state index contributed by atoms with van der Waals surface area (Å²) >= 11 is 9.04. The lowest BCUT2D eigenvalue weighted by molar-refractivity contribution is -0.135. The third-order valence-electron chi connectivity index (χ3n) is 0.531. The first kappa shape index (κ1) is 9.65. The largest absolute Gasteiger partial charge is 0.465 e. The van der Waals surface area contributed by atoms with Crippen LogP contribution in [0.4, 0.5) is 0 Å². The van der Waals surface area contributed by atoms with Crippen LogP contribution in [-0.2, 0) is 9.53 Å². The molecule has 0 N–H and O–H groups in total. The van der Waals surface area contributed by atoms with E-state index in [1.54, 1.807) is 0 Å². The molecule has 0 aliphatic carbocycles. The summed E-state index contributed by atoms with van der Waals surface area (Å²) in [6, 6.07) is 0. The van der Waals surface area contributed by atoms with Crippen LogP contribution in [0, 0.1) is 0 Å². The van der Waals surface area contributed by atoms with Crippen LogP contribution in [0.25, 0.3) is 0 Å². The Balaban J connectivity index is 4.21. The van der Waals surface area contributed by atoms with E-state index in [-0.39, 0.29) is 0 Å². The summed E-state index contributed by atoms with van der Waals surface area (Å²) in [6.45, 7) is 0. The first-order valence-corrected chi connectivity index (χ1v) is 4.26. The highest BCUT2D eigenvalue weighted by molar-refractivity contribution is 9.29. The van der Waals surface area contributed by atoms with Gasteiger partial charge in [-0.2, -0.15) is 0 Å². The topological polar surface area (TPSA) is 26.3 Å². The SMILES string of the molecule is COC(=O)C(Br)=C(Br)Br. The first-order valence-electron chi connectivity index (χ1n) is 1.88. The molecule has 0 radical (unpaired) electrons. The molecule has 2 nitrogen and oxygen atoms in total. The van der Waals surface area contributed by atoms with Gasteiger partial charge in [0.1, 0.15) is 4.48 Å². The molecule has 9 heavy (non-hydrogen) atoms. The average molecular weight is 323 g/mol. The van der Waals surface area contributed by atoms with E-state index in [0.717, 1.165) is 0 Å². The molecular weight excluding hydrogens is 320 g/mol. The number of methoxy groups -OCH3 is 1. The lowest BCUT2D eigenvalue weighted by Gasteiger charge is -1.94. The molecule has 0 saturated carbocycles. The molecule has 0 atom stereocenters. The van der Waals surface area contributed by atoms with Crippen LogP contribution < -0.4 is 0 Å². The van der Waals surface area contributed by atoms with Crippen LogP contribution in [0.5, 0.6) is 0 Å². The Hall–Kier alpha value is 0.650. The van der Waals surface area contributed by atoms with Crippen molar-refractivity contribution >= 4 is 53.8 Å². The molecule has 0 amide bonds. The van der Waals surface area contributed by atoms with Crippen molar-refractivity contribution in [3.8, 4) is 0 Å². The van der Waals surface area contributed by atoms with Crippen molar-refractivity contribution in [1.82, 2.24) is 0 Å². The number of halogens is 3. The molecule has 0 heterocycles. The standard InChI is InChI=1S/C4H3Br3O2/c1-9-4(8)2(5)3(6)7/h1H3. The van der Waals surface area contributed by atoms with Gasteiger partial charge in [0, 0.05) is 0 Å². The van der Waals surface area contributed by atoms with Crippen molar-refractivity contribution in [3.63, 3.8) is 0 Å². The zero-order valence-electron chi connectivity index (χ0n) is 4.45. The summed E-state index contributed by atoms with van der Waals surface area (Å²) < 4.78 is 5.25. The number of hydrogen-bond donors (Lipinski definition) is 0. The fourth-order valence-electron chi connectivity index (χ4n) is 0.167. The number of hydrogen-bond acceptors (Lipinski definition) is 2. The Labute approximate surface area is 78.0 Å². The van der Waals surface area contributed by atoms with Gasteiger partial charge >= 0.3 is 5.97 Å². The van der Waals surface area contributed by atoms with Gasteiger partial charge in [-0.05, 0) is 47.8 Å². The Morgan fingerprint density at radius 2 is 1.78 bits per heavy atom. The minimum Gasteiger partial charge on any atom is -0.465 e. The lowest BCUT2D eigenvalue weighted by Crippen LogP contribution is -1.98. The lowest BCUT2D eigenvalue weighted by atomic mass is 10.7. The molecule has 0 bridgehead atoms. The summed E-state index contributed by atoms with van der Waals surface area (Å²) in [6.07, 6.45) is 0. The molecule has 0 rings (SSSR count). The highest BCUT2D eigenvalue weighted by Crippen LogP contribution is 2.24. The van der Waals surface area contributed by atoms with E-state index >= 15 is 0 Å². The second-order valence-corrected chi connectivity index (χ2v) is 4.51. The van der Waals surface area contributed by atoms with Crippen molar-refractivity contribution in [3.05, 3.63) is 7.87 Å². The number of rotatable bonds is 1. The van der Waals surface area contributed by atoms with Crippen LogP contribution in [0.1, 0.15) is 0 Å². The normalized spacial score (nSPS) is 8.44. The van der Waals surface area contributed by atoms with E-state index < -0.39 is 5.97 Å². The number of carbonyl (C=O) groups is 1. The van der Waals surface area contributed by atoms with Gasteiger partial charge in [-0.25, -0.2) is 4.79 Å². The zero-order valence-corrected chi connectivity index (χ0v) is 9.21. The average Bonchev–Trinajstić information content (AvgIpc) is 1.84. The summed E-state index contributed by atoms with van der Waals surface area (Å²) in [7, 11) is 1.31. The van der Waals surface area contributed by atoms with E-state index in [4.69, 9.17) is 0 Å². The van der Waals surface area contributed by atoms with Crippen LogP contribution in [0.3, 0.4) is 0 Å². The third kappa shape index (κ3) is 3.37. The summed E-state index contributed by atoms with van der Waals surface area (Å²) in [5.74, 6) is -0.418. The highest BCUT2D eigenvalue weighted by Gasteiger charge is 2.07. The molecule has 0 aromatic carbocycles. The maximum absolute atomic E-state index is 10.6. The van der Waals surface area contributed by atoms with Gasteiger partial charge in [0.05, 0.1) is 10.5 Å². The predicted molar refractivity (Wildman–Crippen MR) is 45.8 cm³/mol. The van der Waals surface area contributed by atoms with E-state index in [2.05, 4.69) is 52.5 Å². The Morgan fingerprint density at radius 3 is 1.89 bits per heavy atom. The van der Waals surface area contributed by atoms with Crippen LogP contribution in [0.15, 0.2) is 7.87 Å². The summed E-state index contributed by atoms with van der Waals surface area (Å²) in [5, 5.41) is 0. The van der Waals surface area contributed by atoms with Crippen molar-refractivity contribution in [2.75, 3.05) is 7.11 Å². The van der Waals surface area contributed by atoms with Crippen LogP contribution in [0.2, 0.25) is 0 Å². The van der Waals surface area contributed by atoms with Gasteiger partial charge in [0.25, 0.3) is 0 Å². The van der Waals surface area contributed by atoms with Crippen molar-refractivity contribution in [2.24, 2.45) is 0 Å². The number of ether oxygens (including phenoxy) is 1. The summed E-state index contributed by atoms with van der Waals surface area (Å²) in [5.41, 5.74) is 0. The maximum Gasteiger partial charge on any atom is 0.346 e. The van der Waals surface area contributed by atoms with Gasteiger partial charge in [0.2, 0.25) is 0 Å². The molecule has 0 aromatic heterocycles. The molecule has 0 unspecified atom stereocenters.